The molecule has 10 nitrogen and oxygen atoms in total. The molecule has 254 valence electrons. The molecule has 0 saturated heterocycles. The average molecular weight is 687 g/mol. The van der Waals surface area contributed by atoms with Gasteiger partial charge in [-0.15, -0.1) is 11.8 Å². The molecule has 2 aliphatic rings. The van der Waals surface area contributed by atoms with Gasteiger partial charge in [0.15, 0.2) is 0 Å². The van der Waals surface area contributed by atoms with Gasteiger partial charge >= 0.3 is 0 Å². The van der Waals surface area contributed by atoms with Crippen molar-refractivity contribution in [1.29, 1.82) is 0 Å². The average Bonchev–Trinajstić information content (AvgIpc) is 3.11. The van der Waals surface area contributed by atoms with E-state index in [1.807, 2.05) is 51.1 Å². The molecule has 47 heavy (non-hydrogen) atoms. The summed E-state index contributed by atoms with van der Waals surface area (Å²) in [5.74, 6) is -1.11. The van der Waals surface area contributed by atoms with E-state index < -0.39 is 52.2 Å². The van der Waals surface area contributed by atoms with E-state index >= 15 is 0 Å². The summed E-state index contributed by atoms with van der Waals surface area (Å²) in [6.07, 6.45) is 2.64. The highest BCUT2D eigenvalue weighted by atomic mass is 32.2. The van der Waals surface area contributed by atoms with Crippen LogP contribution in [0.25, 0.3) is 5.57 Å². The number of nitrogens with one attached hydrogen (secondary N) is 3. The lowest BCUT2D eigenvalue weighted by molar-refractivity contribution is -0.127. The smallest absolute Gasteiger partial charge is 0.250 e. The Bertz CT molecular complexity index is 1710. The lowest BCUT2D eigenvalue weighted by atomic mass is 9.91. The predicted molar refractivity (Wildman–Crippen MR) is 186 cm³/mol. The van der Waals surface area contributed by atoms with E-state index in [0.29, 0.717) is 21.7 Å². The van der Waals surface area contributed by atoms with Crippen molar-refractivity contribution in [3.8, 4) is 0 Å². The fourth-order valence-electron chi connectivity index (χ4n) is 5.40. The molecule has 1 aliphatic heterocycles. The van der Waals surface area contributed by atoms with Crippen LogP contribution in [-0.2, 0) is 19.9 Å². The number of carbonyl (C=O) groups is 2. The molecule has 0 unspecified atom stereocenters. The van der Waals surface area contributed by atoms with Gasteiger partial charge in [0.2, 0.25) is 16.2 Å². The molecule has 1 heterocycles. The van der Waals surface area contributed by atoms with Crippen LogP contribution in [0.15, 0.2) is 65.1 Å². The van der Waals surface area contributed by atoms with E-state index in [4.69, 9.17) is 5.11 Å². The summed E-state index contributed by atoms with van der Waals surface area (Å²) in [6, 6.07) is 10.7. The fraction of sp³-hybridized carbons (Fsp3) is 0.441. The highest BCUT2D eigenvalue weighted by molar-refractivity contribution is 7.99. The van der Waals surface area contributed by atoms with Crippen LogP contribution in [0.5, 0.6) is 0 Å². The molecule has 13 heteroatoms. The number of allylic oxidation sites excluding steroid dienone is 3. The number of aliphatic hydroxyl groups is 2. The number of aliphatic hydroxyl groups excluding tert-OH is 2. The second-order valence-electron chi connectivity index (χ2n) is 13.4. The Kier molecular flexibility index (Phi) is 11.7. The number of fused-ring (bicyclic) bond motifs is 1. The second-order valence-corrected chi connectivity index (χ2v) is 15.4. The van der Waals surface area contributed by atoms with Crippen molar-refractivity contribution in [2.24, 2.45) is 0 Å². The second kappa shape index (κ2) is 15.2. The maximum atomic E-state index is 14.3. The van der Waals surface area contributed by atoms with Gasteiger partial charge in [0.1, 0.15) is 11.9 Å². The molecule has 1 aliphatic carbocycles. The molecule has 0 radical (unpaired) electrons. The Hall–Kier alpha value is -3.49. The van der Waals surface area contributed by atoms with Crippen LogP contribution in [0, 0.1) is 5.82 Å². The Morgan fingerprint density at radius 1 is 1.13 bits per heavy atom. The number of β-amino-alcohol motifs (C(OH)–C–C–N with tert-alkyl or cyclic N) is 1. The first kappa shape index (κ1) is 36.3. The topological polar surface area (TPSA) is 148 Å². The number of thioether (sulfide) groups is 1. The number of rotatable bonds is 11. The van der Waals surface area contributed by atoms with E-state index in [-0.39, 0.29) is 42.1 Å². The first-order valence-electron chi connectivity index (χ1n) is 15.4. The summed E-state index contributed by atoms with van der Waals surface area (Å²) in [5, 5.41) is 28.1. The highest BCUT2D eigenvalue weighted by Crippen LogP contribution is 2.37. The minimum absolute atomic E-state index is 0.0148. The van der Waals surface area contributed by atoms with Crippen LogP contribution in [0.1, 0.15) is 53.0 Å². The van der Waals surface area contributed by atoms with Crippen LogP contribution < -0.4 is 20.9 Å². The van der Waals surface area contributed by atoms with Crippen LogP contribution in [0.4, 0.5) is 15.8 Å². The largest absolute Gasteiger partial charge is 0.394 e. The zero-order chi connectivity index (χ0) is 34.5. The van der Waals surface area contributed by atoms with E-state index in [1.54, 1.807) is 19.9 Å². The zero-order valence-electron chi connectivity index (χ0n) is 27.3. The number of halogens is 1. The summed E-state index contributed by atoms with van der Waals surface area (Å²) in [4.78, 5) is 29.4. The van der Waals surface area contributed by atoms with Crippen LogP contribution in [0.3, 0.4) is 0 Å². The number of para-hydroxylation sites is 1. The molecule has 5 N–H and O–H groups in total. The van der Waals surface area contributed by atoms with Gasteiger partial charge in [0.05, 0.1) is 23.3 Å². The van der Waals surface area contributed by atoms with Crippen molar-refractivity contribution in [1.82, 2.24) is 10.6 Å². The minimum Gasteiger partial charge on any atom is -0.394 e. The molecule has 2 aromatic carbocycles. The van der Waals surface area contributed by atoms with Crippen molar-refractivity contribution in [2.45, 2.75) is 75.6 Å². The SMILES string of the molecule is CC(C)(C)Nc1ccccc1C1=CC=C(CN2C(=O)[C@H](NC(=O)CC(C)(C)NC[C@H](O)CO)CSc3cc(F)ccc32)CC1=S(=O)=O. The zero-order valence-corrected chi connectivity index (χ0v) is 28.9. The summed E-state index contributed by atoms with van der Waals surface area (Å²) >= 11 is 1.25. The summed E-state index contributed by atoms with van der Waals surface area (Å²) < 4.78 is 39.5. The minimum atomic E-state index is -2.55. The first-order valence-corrected chi connectivity index (χ1v) is 17.4. The Morgan fingerprint density at radius 3 is 2.53 bits per heavy atom. The maximum Gasteiger partial charge on any atom is 0.250 e. The molecular weight excluding hydrogens is 644 g/mol. The van der Waals surface area contributed by atoms with Crippen LogP contribution in [0.2, 0.25) is 0 Å². The molecule has 0 spiro atoms. The first-order chi connectivity index (χ1) is 22.1. The van der Waals surface area contributed by atoms with Crippen LogP contribution >= 0.6 is 11.8 Å². The third-order valence-electron chi connectivity index (χ3n) is 7.61. The van der Waals surface area contributed by atoms with Crippen molar-refractivity contribution < 1.29 is 32.6 Å². The molecule has 0 saturated carbocycles. The van der Waals surface area contributed by atoms with Gasteiger partial charge in [0.25, 0.3) is 5.91 Å². The molecule has 0 aromatic heterocycles. The Labute approximate surface area is 281 Å². The van der Waals surface area contributed by atoms with Gasteiger partial charge < -0.3 is 31.1 Å². The summed E-state index contributed by atoms with van der Waals surface area (Å²) in [7, 11) is -2.55. The number of carbonyl (C=O) groups excluding carboxylic acids is 2. The summed E-state index contributed by atoms with van der Waals surface area (Å²) in [6.45, 7) is 9.30. The van der Waals surface area contributed by atoms with Crippen molar-refractivity contribution >= 4 is 55.7 Å². The molecule has 0 bridgehead atoms. The van der Waals surface area contributed by atoms with Gasteiger partial charge in [-0.1, -0.05) is 30.4 Å². The molecular formula is C34H43FN4O6S2. The predicted octanol–water partition coefficient (Wildman–Crippen LogP) is 3.54. The normalized spacial score (nSPS) is 17.7. The van der Waals surface area contributed by atoms with E-state index in [1.165, 1.54) is 34.9 Å². The van der Waals surface area contributed by atoms with Crippen molar-refractivity contribution in [3.63, 3.8) is 0 Å². The van der Waals surface area contributed by atoms with E-state index in [9.17, 15) is 27.5 Å². The number of nitrogens with zero attached hydrogens (tertiary/aromatic N) is 1. The van der Waals surface area contributed by atoms with Gasteiger partial charge in [-0.2, -0.15) is 8.42 Å². The molecule has 2 amide bonds. The number of hydrogen-bond acceptors (Lipinski definition) is 9. The lowest BCUT2D eigenvalue weighted by Gasteiger charge is -2.30. The summed E-state index contributed by atoms with van der Waals surface area (Å²) in [5.41, 5.74) is 2.21. The number of benzene rings is 2. The molecule has 0 fully saturated rings. The monoisotopic (exact) mass is 686 g/mol. The lowest BCUT2D eigenvalue weighted by Crippen LogP contribution is -2.53. The quantitative estimate of drug-likeness (QED) is 0.224. The van der Waals surface area contributed by atoms with Gasteiger partial charge in [-0.3, -0.25) is 9.59 Å². The maximum absolute atomic E-state index is 14.3. The van der Waals surface area contributed by atoms with Crippen molar-refractivity contribution in [3.05, 3.63) is 71.6 Å². The third kappa shape index (κ3) is 9.77. The van der Waals surface area contributed by atoms with E-state index in [2.05, 4.69) is 16.0 Å². The number of amides is 2. The van der Waals surface area contributed by atoms with Gasteiger partial charge in [-0.25, -0.2) is 4.39 Å². The van der Waals surface area contributed by atoms with Crippen LogP contribution in [-0.4, -0.2) is 84.0 Å². The Balaban J connectivity index is 1.62. The fourth-order valence-corrected chi connectivity index (χ4v) is 7.15. The molecule has 4 rings (SSSR count). The van der Waals surface area contributed by atoms with E-state index in [0.717, 1.165) is 11.3 Å². The van der Waals surface area contributed by atoms with Gasteiger partial charge in [-0.05, 0) is 64.5 Å². The molecule has 2 atom stereocenters. The van der Waals surface area contributed by atoms with Gasteiger partial charge in [0, 0.05) is 64.5 Å². The highest BCUT2D eigenvalue weighted by Gasteiger charge is 2.34. The third-order valence-corrected chi connectivity index (χ3v) is 9.51. The molecule has 2 aromatic rings. The number of hydrogen-bond donors (Lipinski definition) is 5. The number of anilines is 2. The Morgan fingerprint density at radius 2 is 1.85 bits per heavy atom. The van der Waals surface area contributed by atoms with Crippen molar-refractivity contribution in [2.75, 3.05) is 35.7 Å². The standard InChI is InChI=1S/C34H43FN4O6S2/c1-33(2,3)38-26-9-7-6-8-24(26)25-12-10-21(14-30(25)47(44)45)18-39-28-13-11-22(35)15-29(28)46-20-27(32(39)43)37-31(42)16-34(4,5)36-17-23(41)19-40/h6-13,15,23,27,36,38,40-41H,14,16-20H2,1-5H3,(H,37,42)/t23-,27+/m0/s1.